The molecule has 0 saturated carbocycles. The number of thiazole rings is 2. The molecule has 2 heterocycles. The van der Waals surface area contributed by atoms with Gasteiger partial charge in [-0.3, -0.25) is 0 Å². The number of nitrogens with zero attached hydrogens (tertiary/aromatic N) is 2. The fraction of sp³-hybridized carbons (Fsp3) is 0.500. The van der Waals surface area contributed by atoms with Crippen LogP contribution in [0.1, 0.15) is 36.4 Å². The molecule has 1 aliphatic rings. The quantitative estimate of drug-likeness (QED) is 0.925. The van der Waals surface area contributed by atoms with Crippen molar-refractivity contribution in [3.8, 4) is 10.7 Å². The normalized spacial score (nSPS) is 19.2. The summed E-state index contributed by atoms with van der Waals surface area (Å²) in [4.78, 5) is 10.5. The number of aryl methyl sites for hydroxylation is 1. The zero-order valence-corrected chi connectivity index (χ0v) is 11.4. The first-order valence-electron chi connectivity index (χ1n) is 6.00. The maximum atomic E-state index is 4.75. The van der Waals surface area contributed by atoms with Crippen molar-refractivity contribution in [2.45, 2.75) is 32.2 Å². The third-order valence-electron chi connectivity index (χ3n) is 3.05. The van der Waals surface area contributed by atoms with E-state index in [1.807, 2.05) is 16.8 Å². The Bertz CT molecular complexity index is 490. The molecule has 2 aromatic heterocycles. The Morgan fingerprint density at radius 3 is 3.24 bits per heavy atom. The average Bonchev–Trinajstić information content (AvgIpc) is 2.98. The van der Waals surface area contributed by atoms with Crippen molar-refractivity contribution in [1.29, 1.82) is 0 Å². The van der Waals surface area contributed by atoms with Crippen LogP contribution in [0.5, 0.6) is 0 Å². The molecule has 1 aliphatic carbocycles. The molecule has 5 heteroatoms. The van der Waals surface area contributed by atoms with E-state index in [4.69, 9.17) is 4.98 Å². The van der Waals surface area contributed by atoms with E-state index in [9.17, 15) is 0 Å². The zero-order chi connectivity index (χ0) is 11.7. The minimum atomic E-state index is 0.508. The second-order valence-electron chi connectivity index (χ2n) is 4.21. The molecule has 0 saturated heterocycles. The summed E-state index contributed by atoms with van der Waals surface area (Å²) in [6.07, 6.45) is 3.60. The third-order valence-corrected chi connectivity index (χ3v) is 4.87. The molecule has 0 fully saturated rings. The number of fused-ring (bicyclic) bond motifs is 1. The molecule has 0 radical (unpaired) electrons. The zero-order valence-electron chi connectivity index (χ0n) is 9.77. The minimum absolute atomic E-state index is 0.508. The monoisotopic (exact) mass is 265 g/mol. The van der Waals surface area contributed by atoms with E-state index in [0.717, 1.165) is 23.7 Å². The van der Waals surface area contributed by atoms with E-state index < -0.39 is 0 Å². The summed E-state index contributed by atoms with van der Waals surface area (Å²) in [6.45, 7) is 3.19. The topological polar surface area (TPSA) is 37.8 Å². The fourth-order valence-electron chi connectivity index (χ4n) is 2.29. The van der Waals surface area contributed by atoms with Gasteiger partial charge in [-0.2, -0.15) is 0 Å². The predicted molar refractivity (Wildman–Crippen MR) is 72.6 cm³/mol. The molecule has 0 aliphatic heterocycles. The van der Waals surface area contributed by atoms with Crippen molar-refractivity contribution in [1.82, 2.24) is 15.3 Å². The van der Waals surface area contributed by atoms with Gasteiger partial charge < -0.3 is 5.32 Å². The predicted octanol–water partition coefficient (Wildman–Crippen LogP) is 3.25. The lowest BCUT2D eigenvalue weighted by atomic mass is 9.98. The summed E-state index contributed by atoms with van der Waals surface area (Å²) >= 11 is 3.44. The molecule has 1 unspecified atom stereocenters. The number of rotatable bonds is 3. The van der Waals surface area contributed by atoms with Gasteiger partial charge in [0.1, 0.15) is 10.7 Å². The number of hydrogen-bond acceptors (Lipinski definition) is 5. The fourth-order valence-corrected chi connectivity index (χ4v) is 4.09. The molecule has 0 bridgehead atoms. The standard InChI is InChI=1S/C12H15N3S2/c1-2-13-8-4-3-5-9-11(8)17-12(15-9)10-6-16-7-14-10/h6-8,13H,2-5H2,1H3. The number of nitrogens with one attached hydrogen (secondary N) is 1. The van der Waals surface area contributed by atoms with Crippen LogP contribution in [0.15, 0.2) is 10.9 Å². The molecule has 3 rings (SSSR count). The highest BCUT2D eigenvalue weighted by atomic mass is 32.1. The summed E-state index contributed by atoms with van der Waals surface area (Å²) in [7, 11) is 0. The second-order valence-corrected chi connectivity index (χ2v) is 5.96. The Balaban J connectivity index is 1.96. The van der Waals surface area contributed by atoms with Gasteiger partial charge in [-0.15, -0.1) is 22.7 Å². The third kappa shape index (κ3) is 2.14. The summed E-state index contributed by atoms with van der Waals surface area (Å²) in [5.41, 5.74) is 4.19. The largest absolute Gasteiger partial charge is 0.309 e. The first-order chi connectivity index (χ1) is 8.38. The average molecular weight is 265 g/mol. The Labute approximate surface area is 109 Å². The Morgan fingerprint density at radius 2 is 2.47 bits per heavy atom. The first kappa shape index (κ1) is 11.3. The summed E-state index contributed by atoms with van der Waals surface area (Å²) < 4.78 is 0. The maximum Gasteiger partial charge on any atom is 0.143 e. The van der Waals surface area contributed by atoms with Crippen molar-refractivity contribution >= 4 is 22.7 Å². The minimum Gasteiger partial charge on any atom is -0.309 e. The SMILES string of the molecule is CCNC1CCCc2nc(-c3cscn3)sc21. The summed E-state index contributed by atoms with van der Waals surface area (Å²) in [6, 6.07) is 0.508. The molecule has 90 valence electrons. The Morgan fingerprint density at radius 1 is 1.53 bits per heavy atom. The first-order valence-corrected chi connectivity index (χ1v) is 7.76. The van der Waals surface area contributed by atoms with Crippen molar-refractivity contribution in [2.75, 3.05) is 6.54 Å². The Hall–Kier alpha value is -0.780. The van der Waals surface area contributed by atoms with Gasteiger partial charge in [-0.25, -0.2) is 9.97 Å². The lowest BCUT2D eigenvalue weighted by molar-refractivity contribution is 0.476. The summed E-state index contributed by atoms with van der Waals surface area (Å²) in [5.74, 6) is 0. The van der Waals surface area contributed by atoms with Crippen LogP contribution in [0.3, 0.4) is 0 Å². The highest BCUT2D eigenvalue weighted by Gasteiger charge is 2.24. The molecule has 1 atom stereocenters. The van der Waals surface area contributed by atoms with Crippen LogP contribution in [-0.4, -0.2) is 16.5 Å². The lowest BCUT2D eigenvalue weighted by Crippen LogP contribution is -2.23. The molecule has 1 N–H and O–H groups in total. The highest BCUT2D eigenvalue weighted by Crippen LogP contribution is 2.37. The lowest BCUT2D eigenvalue weighted by Gasteiger charge is -2.21. The van der Waals surface area contributed by atoms with Crippen LogP contribution in [0.2, 0.25) is 0 Å². The van der Waals surface area contributed by atoms with E-state index in [2.05, 4.69) is 22.6 Å². The molecular formula is C12H15N3S2. The summed E-state index contributed by atoms with van der Waals surface area (Å²) in [5, 5.41) is 6.71. The molecular weight excluding hydrogens is 250 g/mol. The van der Waals surface area contributed by atoms with Gasteiger partial charge in [0.05, 0.1) is 11.2 Å². The maximum absolute atomic E-state index is 4.75. The van der Waals surface area contributed by atoms with Crippen LogP contribution in [0, 0.1) is 0 Å². The Kier molecular flexibility index (Phi) is 3.22. The smallest absolute Gasteiger partial charge is 0.143 e. The van der Waals surface area contributed by atoms with Gasteiger partial charge in [0.15, 0.2) is 0 Å². The van der Waals surface area contributed by atoms with Crippen LogP contribution in [0.25, 0.3) is 10.7 Å². The van der Waals surface area contributed by atoms with Crippen LogP contribution in [0.4, 0.5) is 0 Å². The highest BCUT2D eigenvalue weighted by molar-refractivity contribution is 7.15. The van der Waals surface area contributed by atoms with E-state index in [1.54, 1.807) is 11.3 Å². The second kappa shape index (κ2) is 4.84. The molecule has 3 nitrogen and oxygen atoms in total. The van der Waals surface area contributed by atoms with Crippen LogP contribution in [-0.2, 0) is 6.42 Å². The van der Waals surface area contributed by atoms with Crippen molar-refractivity contribution in [3.63, 3.8) is 0 Å². The molecule has 0 spiro atoms. The van der Waals surface area contributed by atoms with Crippen molar-refractivity contribution < 1.29 is 0 Å². The van der Waals surface area contributed by atoms with Gasteiger partial charge in [-0.05, 0) is 25.8 Å². The molecule has 2 aromatic rings. The van der Waals surface area contributed by atoms with Crippen molar-refractivity contribution in [2.24, 2.45) is 0 Å². The van der Waals surface area contributed by atoms with Crippen LogP contribution < -0.4 is 5.32 Å². The van der Waals surface area contributed by atoms with E-state index >= 15 is 0 Å². The number of aromatic nitrogens is 2. The van der Waals surface area contributed by atoms with Gasteiger partial charge in [0, 0.05) is 16.3 Å². The molecule has 0 aromatic carbocycles. The van der Waals surface area contributed by atoms with E-state index in [-0.39, 0.29) is 0 Å². The van der Waals surface area contributed by atoms with E-state index in [1.165, 1.54) is 23.4 Å². The van der Waals surface area contributed by atoms with E-state index in [0.29, 0.717) is 6.04 Å². The molecule has 17 heavy (non-hydrogen) atoms. The van der Waals surface area contributed by atoms with Crippen LogP contribution >= 0.6 is 22.7 Å². The van der Waals surface area contributed by atoms with Crippen molar-refractivity contribution in [3.05, 3.63) is 21.5 Å². The van der Waals surface area contributed by atoms with Gasteiger partial charge in [-0.1, -0.05) is 6.92 Å². The molecule has 0 amide bonds. The van der Waals surface area contributed by atoms with Gasteiger partial charge >= 0.3 is 0 Å². The van der Waals surface area contributed by atoms with Gasteiger partial charge in [0.2, 0.25) is 0 Å². The number of hydrogen-bond donors (Lipinski definition) is 1. The van der Waals surface area contributed by atoms with Gasteiger partial charge in [0.25, 0.3) is 0 Å².